The van der Waals surface area contributed by atoms with E-state index in [1.807, 2.05) is 4.68 Å². The van der Waals surface area contributed by atoms with Gasteiger partial charge in [-0.3, -0.25) is 4.79 Å². The summed E-state index contributed by atoms with van der Waals surface area (Å²) in [5.74, 6) is 2.11. The van der Waals surface area contributed by atoms with E-state index in [-0.39, 0.29) is 11.9 Å². The van der Waals surface area contributed by atoms with Crippen LogP contribution in [-0.2, 0) is 17.8 Å². The van der Waals surface area contributed by atoms with Crippen LogP contribution in [0.5, 0.6) is 0 Å². The first-order chi connectivity index (χ1) is 8.47. The molecule has 6 heteroatoms. The fourth-order valence-electron chi connectivity index (χ4n) is 2.01. The quantitative estimate of drug-likeness (QED) is 0.846. The summed E-state index contributed by atoms with van der Waals surface area (Å²) in [6, 6.07) is 0.105. The van der Waals surface area contributed by atoms with Gasteiger partial charge in [-0.05, 0) is 13.3 Å². The van der Waals surface area contributed by atoms with E-state index >= 15 is 0 Å². The van der Waals surface area contributed by atoms with E-state index < -0.39 is 5.38 Å². The Kier molecular flexibility index (Phi) is 3.90. The molecule has 1 N–H and O–H groups in total. The number of rotatable bonds is 3. The van der Waals surface area contributed by atoms with Crippen LogP contribution in [0.15, 0.2) is 0 Å². The predicted molar refractivity (Wildman–Crippen MR) is 69.7 cm³/mol. The first kappa shape index (κ1) is 13.3. The number of alkyl halides is 1. The van der Waals surface area contributed by atoms with Gasteiger partial charge in [-0.25, -0.2) is 9.67 Å². The summed E-state index contributed by atoms with van der Waals surface area (Å²) < 4.78 is 1.91. The minimum absolute atomic E-state index is 0.105. The molecule has 0 aromatic carbocycles. The molecule has 5 nitrogen and oxygen atoms in total. The van der Waals surface area contributed by atoms with Crippen molar-refractivity contribution in [1.82, 2.24) is 20.1 Å². The lowest BCUT2D eigenvalue weighted by atomic mass is 10.1. The van der Waals surface area contributed by atoms with E-state index in [1.165, 1.54) is 0 Å². The van der Waals surface area contributed by atoms with Crippen molar-refractivity contribution in [3.8, 4) is 0 Å². The maximum Gasteiger partial charge on any atom is 0.238 e. The van der Waals surface area contributed by atoms with Crippen molar-refractivity contribution >= 4 is 17.5 Å². The lowest BCUT2D eigenvalue weighted by molar-refractivity contribution is -0.121. The number of hydrogen-bond donors (Lipinski definition) is 1. The van der Waals surface area contributed by atoms with E-state index in [2.05, 4.69) is 29.2 Å². The molecule has 0 saturated carbocycles. The van der Waals surface area contributed by atoms with Gasteiger partial charge in [0.15, 0.2) is 5.82 Å². The highest BCUT2D eigenvalue weighted by atomic mass is 35.5. The fraction of sp³-hybridized carbons (Fsp3) is 0.750. The Balaban J connectivity index is 2.03. The number of hydrogen-bond acceptors (Lipinski definition) is 3. The Morgan fingerprint density at radius 2 is 2.22 bits per heavy atom. The van der Waals surface area contributed by atoms with E-state index in [0.29, 0.717) is 12.5 Å². The van der Waals surface area contributed by atoms with Gasteiger partial charge in [0.1, 0.15) is 11.2 Å². The highest BCUT2D eigenvalue weighted by Crippen LogP contribution is 2.17. The van der Waals surface area contributed by atoms with Crippen LogP contribution in [0.1, 0.15) is 44.8 Å². The molecule has 0 saturated heterocycles. The van der Waals surface area contributed by atoms with Gasteiger partial charge < -0.3 is 5.32 Å². The van der Waals surface area contributed by atoms with E-state index in [4.69, 9.17) is 11.6 Å². The minimum Gasteiger partial charge on any atom is -0.350 e. The molecule has 18 heavy (non-hydrogen) atoms. The largest absolute Gasteiger partial charge is 0.350 e. The van der Waals surface area contributed by atoms with E-state index in [1.54, 1.807) is 6.92 Å². The zero-order valence-electron chi connectivity index (χ0n) is 11.0. The summed E-state index contributed by atoms with van der Waals surface area (Å²) >= 11 is 5.75. The molecule has 0 fully saturated rings. The Labute approximate surface area is 112 Å². The number of nitrogens with zero attached hydrogens (tertiary/aromatic N) is 3. The SMILES string of the molecule is CC(Cl)C(=O)NC1CCc2nc(C(C)C)nn2C1. The molecule has 2 atom stereocenters. The number of nitrogens with one attached hydrogen (secondary N) is 1. The third kappa shape index (κ3) is 2.83. The summed E-state index contributed by atoms with van der Waals surface area (Å²) in [6.07, 6.45) is 1.74. The Bertz CT molecular complexity index is 441. The minimum atomic E-state index is -0.492. The number of aryl methyl sites for hydroxylation is 1. The van der Waals surface area contributed by atoms with Crippen LogP contribution in [0.4, 0.5) is 0 Å². The third-order valence-electron chi connectivity index (χ3n) is 3.10. The van der Waals surface area contributed by atoms with Gasteiger partial charge in [0.2, 0.25) is 5.91 Å². The molecular formula is C12H19ClN4O. The van der Waals surface area contributed by atoms with Gasteiger partial charge in [-0.2, -0.15) is 5.10 Å². The fourth-order valence-corrected chi connectivity index (χ4v) is 2.07. The molecule has 100 valence electrons. The van der Waals surface area contributed by atoms with Crippen molar-refractivity contribution in [3.05, 3.63) is 11.6 Å². The second-order valence-electron chi connectivity index (χ2n) is 5.08. The predicted octanol–water partition coefficient (Wildman–Crippen LogP) is 1.46. The molecule has 1 aliphatic rings. The van der Waals surface area contributed by atoms with Crippen LogP contribution in [0.3, 0.4) is 0 Å². The van der Waals surface area contributed by atoms with Gasteiger partial charge in [-0.15, -0.1) is 11.6 Å². The molecule has 1 aliphatic heterocycles. The van der Waals surface area contributed by atoms with Crippen LogP contribution in [0.25, 0.3) is 0 Å². The topological polar surface area (TPSA) is 59.8 Å². The number of fused-ring (bicyclic) bond motifs is 1. The molecule has 0 spiro atoms. The molecule has 0 radical (unpaired) electrons. The Morgan fingerprint density at radius 3 is 2.83 bits per heavy atom. The third-order valence-corrected chi connectivity index (χ3v) is 3.30. The molecule has 0 bridgehead atoms. The summed E-state index contributed by atoms with van der Waals surface area (Å²) in [5.41, 5.74) is 0. The van der Waals surface area contributed by atoms with Crippen LogP contribution in [0, 0.1) is 0 Å². The summed E-state index contributed by atoms with van der Waals surface area (Å²) in [4.78, 5) is 16.1. The van der Waals surface area contributed by atoms with Gasteiger partial charge in [0, 0.05) is 18.4 Å². The zero-order chi connectivity index (χ0) is 13.3. The van der Waals surface area contributed by atoms with Gasteiger partial charge >= 0.3 is 0 Å². The van der Waals surface area contributed by atoms with Crippen molar-refractivity contribution in [2.45, 2.75) is 57.5 Å². The van der Waals surface area contributed by atoms with Crippen molar-refractivity contribution in [3.63, 3.8) is 0 Å². The highest BCUT2D eigenvalue weighted by molar-refractivity contribution is 6.30. The van der Waals surface area contributed by atoms with E-state index in [9.17, 15) is 4.79 Å². The summed E-state index contributed by atoms with van der Waals surface area (Å²) in [7, 11) is 0. The Hall–Kier alpha value is -1.10. The van der Waals surface area contributed by atoms with Gasteiger partial charge in [0.25, 0.3) is 0 Å². The van der Waals surface area contributed by atoms with Crippen LogP contribution in [0.2, 0.25) is 0 Å². The average Bonchev–Trinajstić information content (AvgIpc) is 2.71. The molecule has 2 unspecified atom stereocenters. The number of amides is 1. The number of aromatic nitrogens is 3. The van der Waals surface area contributed by atoms with Crippen molar-refractivity contribution in [2.24, 2.45) is 0 Å². The smallest absolute Gasteiger partial charge is 0.238 e. The Morgan fingerprint density at radius 1 is 1.50 bits per heavy atom. The van der Waals surface area contributed by atoms with Crippen molar-refractivity contribution < 1.29 is 4.79 Å². The standard InChI is InChI=1S/C12H19ClN4O/c1-7(2)11-15-10-5-4-9(6-17(10)16-11)14-12(18)8(3)13/h7-9H,4-6H2,1-3H3,(H,14,18). The second-order valence-corrected chi connectivity index (χ2v) is 5.74. The normalized spacial score (nSPS) is 20.6. The average molecular weight is 271 g/mol. The number of carbonyl (C=O) groups excluding carboxylic acids is 1. The second kappa shape index (κ2) is 5.26. The number of carbonyl (C=O) groups is 1. The van der Waals surface area contributed by atoms with Crippen molar-refractivity contribution in [2.75, 3.05) is 0 Å². The van der Waals surface area contributed by atoms with Gasteiger partial charge in [0.05, 0.1) is 6.54 Å². The first-order valence-electron chi connectivity index (χ1n) is 6.35. The van der Waals surface area contributed by atoms with Crippen LogP contribution >= 0.6 is 11.6 Å². The van der Waals surface area contributed by atoms with Crippen LogP contribution < -0.4 is 5.32 Å². The molecule has 1 amide bonds. The maximum atomic E-state index is 11.5. The molecular weight excluding hydrogens is 252 g/mol. The van der Waals surface area contributed by atoms with E-state index in [0.717, 1.165) is 24.5 Å². The molecule has 1 aromatic rings. The number of halogens is 1. The van der Waals surface area contributed by atoms with Gasteiger partial charge in [-0.1, -0.05) is 13.8 Å². The lowest BCUT2D eigenvalue weighted by Crippen LogP contribution is -2.43. The summed E-state index contributed by atoms with van der Waals surface area (Å²) in [6.45, 7) is 6.52. The molecule has 1 aromatic heterocycles. The maximum absolute atomic E-state index is 11.5. The molecule has 2 heterocycles. The highest BCUT2D eigenvalue weighted by Gasteiger charge is 2.24. The monoisotopic (exact) mass is 270 g/mol. The van der Waals surface area contributed by atoms with Crippen LogP contribution in [-0.4, -0.2) is 32.1 Å². The van der Waals surface area contributed by atoms with Crippen molar-refractivity contribution in [1.29, 1.82) is 0 Å². The summed E-state index contributed by atoms with van der Waals surface area (Å²) in [5, 5.41) is 6.92. The molecule has 0 aliphatic carbocycles. The zero-order valence-corrected chi connectivity index (χ0v) is 11.7. The lowest BCUT2D eigenvalue weighted by Gasteiger charge is -2.23. The molecule has 2 rings (SSSR count). The first-order valence-corrected chi connectivity index (χ1v) is 6.79.